The Morgan fingerprint density at radius 1 is 1.23 bits per heavy atom. The fraction of sp³-hybridized carbons (Fsp3) is 0.455. The summed E-state index contributed by atoms with van der Waals surface area (Å²) in [5.74, 6) is 0.146. The van der Waals surface area contributed by atoms with Gasteiger partial charge in [-0.25, -0.2) is 4.98 Å². The lowest BCUT2D eigenvalue weighted by Gasteiger charge is -2.28. The highest BCUT2D eigenvalue weighted by Crippen LogP contribution is 2.24. The SMILES string of the molecule is Cc1cccn2c(CC(=O)NC3CCC(C(=O)NCCc4ccn[nH]4)CC3)cnc12. The Morgan fingerprint density at radius 2 is 2.07 bits per heavy atom. The Balaban J connectivity index is 1.21. The molecule has 1 saturated carbocycles. The largest absolute Gasteiger partial charge is 0.355 e. The summed E-state index contributed by atoms with van der Waals surface area (Å²) in [6, 6.07) is 6.02. The van der Waals surface area contributed by atoms with Crippen LogP contribution in [0.25, 0.3) is 5.65 Å². The van der Waals surface area contributed by atoms with Gasteiger partial charge in [-0.3, -0.25) is 14.7 Å². The lowest BCUT2D eigenvalue weighted by atomic mass is 9.85. The van der Waals surface area contributed by atoms with Crippen LogP contribution in [0.4, 0.5) is 0 Å². The molecule has 3 aromatic heterocycles. The molecule has 0 saturated heterocycles. The number of hydrogen-bond donors (Lipinski definition) is 3. The number of nitrogens with zero attached hydrogens (tertiary/aromatic N) is 3. The van der Waals surface area contributed by atoms with E-state index in [1.165, 1.54) is 0 Å². The Labute approximate surface area is 175 Å². The van der Waals surface area contributed by atoms with Gasteiger partial charge in [-0.05, 0) is 50.3 Å². The number of fused-ring (bicyclic) bond motifs is 1. The van der Waals surface area contributed by atoms with E-state index in [1.54, 1.807) is 12.4 Å². The molecule has 8 heteroatoms. The van der Waals surface area contributed by atoms with Crippen molar-refractivity contribution in [3.63, 3.8) is 0 Å². The molecule has 0 unspecified atom stereocenters. The molecule has 3 aromatic rings. The number of pyridine rings is 1. The van der Waals surface area contributed by atoms with E-state index in [2.05, 4.69) is 25.8 Å². The number of rotatable bonds is 7. The van der Waals surface area contributed by atoms with Crippen LogP contribution >= 0.6 is 0 Å². The predicted octanol–water partition coefficient (Wildman–Crippen LogP) is 1.94. The van der Waals surface area contributed by atoms with Gasteiger partial charge in [0.2, 0.25) is 11.8 Å². The highest BCUT2D eigenvalue weighted by Gasteiger charge is 2.27. The number of aromatic amines is 1. The van der Waals surface area contributed by atoms with E-state index in [1.807, 2.05) is 35.7 Å². The molecule has 0 spiro atoms. The number of aryl methyl sites for hydroxylation is 1. The maximum absolute atomic E-state index is 12.5. The average molecular weight is 409 g/mol. The molecule has 0 bridgehead atoms. The molecule has 1 fully saturated rings. The molecule has 158 valence electrons. The van der Waals surface area contributed by atoms with Gasteiger partial charge in [-0.15, -0.1) is 0 Å². The third-order valence-corrected chi connectivity index (χ3v) is 5.86. The van der Waals surface area contributed by atoms with Gasteiger partial charge < -0.3 is 15.0 Å². The lowest BCUT2D eigenvalue weighted by Crippen LogP contribution is -2.41. The van der Waals surface area contributed by atoms with Crippen LogP contribution in [0, 0.1) is 12.8 Å². The van der Waals surface area contributed by atoms with Gasteiger partial charge in [0.1, 0.15) is 5.65 Å². The molecule has 0 radical (unpaired) electrons. The number of nitrogens with one attached hydrogen (secondary N) is 3. The molecule has 0 aromatic carbocycles. The number of imidazole rings is 1. The van der Waals surface area contributed by atoms with Gasteiger partial charge in [0.15, 0.2) is 0 Å². The zero-order valence-corrected chi connectivity index (χ0v) is 17.2. The third kappa shape index (κ3) is 4.69. The molecule has 1 aliphatic carbocycles. The number of carbonyl (C=O) groups is 2. The minimum Gasteiger partial charge on any atom is -0.355 e. The van der Waals surface area contributed by atoms with E-state index in [0.717, 1.165) is 54.7 Å². The molecule has 3 heterocycles. The second-order valence-corrected chi connectivity index (χ2v) is 8.05. The summed E-state index contributed by atoms with van der Waals surface area (Å²) < 4.78 is 1.97. The minimum absolute atomic E-state index is 0.00534. The highest BCUT2D eigenvalue weighted by molar-refractivity contribution is 5.80. The fourth-order valence-corrected chi connectivity index (χ4v) is 4.16. The number of carbonyl (C=O) groups excluding carboxylic acids is 2. The molecule has 30 heavy (non-hydrogen) atoms. The standard InChI is InChI=1S/C22H28N6O2/c1-15-3-2-12-28-19(14-24-21(15)28)13-20(29)26-17-6-4-16(5-7-17)22(30)23-10-8-18-9-11-25-27-18/h2-3,9,11-12,14,16-17H,4-8,10,13H2,1H3,(H,23,30)(H,25,27)(H,26,29). The quantitative estimate of drug-likeness (QED) is 0.556. The monoisotopic (exact) mass is 408 g/mol. The summed E-state index contributed by atoms with van der Waals surface area (Å²) in [4.78, 5) is 29.3. The molecular formula is C22H28N6O2. The van der Waals surface area contributed by atoms with E-state index >= 15 is 0 Å². The van der Waals surface area contributed by atoms with Gasteiger partial charge in [0.05, 0.1) is 12.1 Å². The normalized spacial score (nSPS) is 19.0. The number of hydrogen-bond acceptors (Lipinski definition) is 4. The Kier molecular flexibility index (Phi) is 6.11. The van der Waals surface area contributed by atoms with Crippen LogP contribution in [0.1, 0.15) is 42.6 Å². The van der Waals surface area contributed by atoms with E-state index in [4.69, 9.17) is 0 Å². The van der Waals surface area contributed by atoms with Crippen molar-refractivity contribution in [2.45, 2.75) is 51.5 Å². The van der Waals surface area contributed by atoms with Crippen molar-refractivity contribution in [3.05, 3.63) is 53.7 Å². The lowest BCUT2D eigenvalue weighted by molar-refractivity contribution is -0.126. The second kappa shape index (κ2) is 9.11. The van der Waals surface area contributed by atoms with Gasteiger partial charge in [0, 0.05) is 49.2 Å². The Hall–Kier alpha value is -3.16. The first kappa shape index (κ1) is 20.1. The van der Waals surface area contributed by atoms with Crippen LogP contribution < -0.4 is 10.6 Å². The van der Waals surface area contributed by atoms with Crippen molar-refractivity contribution in [3.8, 4) is 0 Å². The molecule has 2 amide bonds. The Bertz CT molecular complexity index is 1000. The van der Waals surface area contributed by atoms with Gasteiger partial charge in [-0.2, -0.15) is 5.10 Å². The molecule has 3 N–H and O–H groups in total. The van der Waals surface area contributed by atoms with E-state index in [0.29, 0.717) is 13.0 Å². The summed E-state index contributed by atoms with van der Waals surface area (Å²) in [6.45, 7) is 2.62. The summed E-state index contributed by atoms with van der Waals surface area (Å²) in [6.07, 6.45) is 9.74. The first-order chi connectivity index (χ1) is 14.6. The fourth-order valence-electron chi connectivity index (χ4n) is 4.16. The molecular weight excluding hydrogens is 380 g/mol. The van der Waals surface area contributed by atoms with Gasteiger partial charge in [-0.1, -0.05) is 6.07 Å². The molecule has 0 aliphatic heterocycles. The second-order valence-electron chi connectivity index (χ2n) is 8.05. The summed E-state index contributed by atoms with van der Waals surface area (Å²) in [5.41, 5.74) is 3.88. The molecule has 1 aliphatic rings. The van der Waals surface area contributed by atoms with Crippen LogP contribution in [0.5, 0.6) is 0 Å². The van der Waals surface area contributed by atoms with Crippen LogP contribution in [0.15, 0.2) is 36.8 Å². The van der Waals surface area contributed by atoms with Gasteiger partial charge in [0.25, 0.3) is 0 Å². The van der Waals surface area contributed by atoms with Crippen LogP contribution in [0.2, 0.25) is 0 Å². The minimum atomic E-state index is 0.00534. The first-order valence-electron chi connectivity index (χ1n) is 10.6. The summed E-state index contributed by atoms with van der Waals surface area (Å²) in [5, 5.41) is 13.0. The van der Waals surface area contributed by atoms with Crippen molar-refractivity contribution in [2.24, 2.45) is 5.92 Å². The van der Waals surface area contributed by atoms with E-state index in [9.17, 15) is 9.59 Å². The smallest absolute Gasteiger partial charge is 0.226 e. The average Bonchev–Trinajstić information content (AvgIpc) is 3.40. The maximum atomic E-state index is 12.5. The number of amides is 2. The zero-order valence-electron chi connectivity index (χ0n) is 17.2. The van der Waals surface area contributed by atoms with Crippen molar-refractivity contribution in [2.75, 3.05) is 6.54 Å². The predicted molar refractivity (Wildman–Crippen MR) is 113 cm³/mol. The van der Waals surface area contributed by atoms with Crippen molar-refractivity contribution in [1.29, 1.82) is 0 Å². The first-order valence-corrected chi connectivity index (χ1v) is 10.6. The number of aromatic nitrogens is 4. The van der Waals surface area contributed by atoms with Crippen molar-refractivity contribution in [1.82, 2.24) is 30.2 Å². The van der Waals surface area contributed by atoms with Crippen molar-refractivity contribution < 1.29 is 9.59 Å². The van der Waals surface area contributed by atoms with E-state index in [-0.39, 0.29) is 23.8 Å². The highest BCUT2D eigenvalue weighted by atomic mass is 16.2. The molecule has 0 atom stereocenters. The maximum Gasteiger partial charge on any atom is 0.226 e. The summed E-state index contributed by atoms with van der Waals surface area (Å²) >= 11 is 0. The summed E-state index contributed by atoms with van der Waals surface area (Å²) in [7, 11) is 0. The van der Waals surface area contributed by atoms with Crippen molar-refractivity contribution >= 4 is 17.5 Å². The Morgan fingerprint density at radius 3 is 2.83 bits per heavy atom. The molecule has 8 nitrogen and oxygen atoms in total. The van der Waals surface area contributed by atoms with E-state index < -0.39 is 0 Å². The van der Waals surface area contributed by atoms with Crippen LogP contribution in [0.3, 0.4) is 0 Å². The van der Waals surface area contributed by atoms with Crippen LogP contribution in [-0.4, -0.2) is 44.0 Å². The zero-order chi connectivity index (χ0) is 20.9. The topological polar surface area (TPSA) is 104 Å². The molecule has 4 rings (SSSR count). The number of H-pyrrole nitrogens is 1. The van der Waals surface area contributed by atoms with Crippen LogP contribution in [-0.2, 0) is 22.4 Å². The third-order valence-electron chi connectivity index (χ3n) is 5.86. The van der Waals surface area contributed by atoms with Gasteiger partial charge >= 0.3 is 0 Å².